The second-order valence-electron chi connectivity index (χ2n) is 4.06. The summed E-state index contributed by atoms with van der Waals surface area (Å²) in [5, 5.41) is 16.5. The normalized spacial score (nSPS) is 17.5. The first-order valence-corrected chi connectivity index (χ1v) is 5.28. The molecule has 1 aliphatic rings. The SMILES string of the molecule is CC1CCN(c2ccc(C#N)nn2)CC1. The van der Waals surface area contributed by atoms with Crippen molar-refractivity contribution in [1.82, 2.24) is 10.2 Å². The quantitative estimate of drug-likeness (QED) is 0.693. The van der Waals surface area contributed by atoms with Crippen molar-refractivity contribution >= 4 is 5.82 Å². The Kier molecular flexibility index (Phi) is 2.82. The second-order valence-corrected chi connectivity index (χ2v) is 4.06. The largest absolute Gasteiger partial charge is 0.355 e. The summed E-state index contributed by atoms with van der Waals surface area (Å²) in [6.45, 7) is 4.37. The first-order valence-electron chi connectivity index (χ1n) is 5.28. The van der Waals surface area contributed by atoms with E-state index in [0.29, 0.717) is 5.69 Å². The third kappa shape index (κ3) is 2.24. The molecular formula is C11H14N4. The molecule has 0 N–H and O–H groups in total. The van der Waals surface area contributed by atoms with Crippen LogP contribution in [0.4, 0.5) is 5.82 Å². The van der Waals surface area contributed by atoms with E-state index in [2.05, 4.69) is 22.0 Å². The molecule has 0 aliphatic carbocycles. The number of piperidine rings is 1. The molecule has 2 heterocycles. The van der Waals surface area contributed by atoms with Gasteiger partial charge in [-0.1, -0.05) is 6.92 Å². The van der Waals surface area contributed by atoms with Gasteiger partial charge in [-0.05, 0) is 30.9 Å². The maximum atomic E-state index is 8.61. The number of aromatic nitrogens is 2. The molecule has 0 radical (unpaired) electrons. The molecule has 0 bridgehead atoms. The van der Waals surface area contributed by atoms with Gasteiger partial charge in [0.25, 0.3) is 0 Å². The number of nitriles is 1. The monoisotopic (exact) mass is 202 g/mol. The summed E-state index contributed by atoms with van der Waals surface area (Å²) in [5.41, 5.74) is 0.379. The fourth-order valence-electron chi connectivity index (χ4n) is 1.79. The minimum atomic E-state index is 0.379. The molecule has 0 aromatic carbocycles. The molecule has 0 saturated carbocycles. The van der Waals surface area contributed by atoms with E-state index in [0.717, 1.165) is 24.8 Å². The van der Waals surface area contributed by atoms with Crippen LogP contribution < -0.4 is 4.90 Å². The zero-order valence-electron chi connectivity index (χ0n) is 8.85. The highest BCUT2D eigenvalue weighted by Crippen LogP contribution is 2.20. The van der Waals surface area contributed by atoms with Crippen molar-refractivity contribution in [3.63, 3.8) is 0 Å². The van der Waals surface area contributed by atoms with Crippen molar-refractivity contribution in [2.24, 2.45) is 5.92 Å². The van der Waals surface area contributed by atoms with Gasteiger partial charge in [-0.15, -0.1) is 10.2 Å². The summed E-state index contributed by atoms with van der Waals surface area (Å²) >= 11 is 0. The van der Waals surface area contributed by atoms with Gasteiger partial charge in [-0.2, -0.15) is 5.26 Å². The van der Waals surface area contributed by atoms with Crippen molar-refractivity contribution in [3.05, 3.63) is 17.8 Å². The van der Waals surface area contributed by atoms with Crippen LogP contribution in [0, 0.1) is 17.2 Å². The van der Waals surface area contributed by atoms with Crippen LogP contribution in [0.25, 0.3) is 0 Å². The Morgan fingerprint density at radius 2 is 2.07 bits per heavy atom. The zero-order chi connectivity index (χ0) is 10.7. The maximum Gasteiger partial charge on any atom is 0.163 e. The van der Waals surface area contributed by atoms with Gasteiger partial charge in [0.2, 0.25) is 0 Å². The molecule has 1 fully saturated rings. The summed E-state index contributed by atoms with van der Waals surface area (Å²) in [7, 11) is 0. The van der Waals surface area contributed by atoms with Crippen molar-refractivity contribution in [3.8, 4) is 6.07 Å². The lowest BCUT2D eigenvalue weighted by Crippen LogP contribution is -2.33. The van der Waals surface area contributed by atoms with Gasteiger partial charge >= 0.3 is 0 Å². The Labute approximate surface area is 89.5 Å². The molecule has 0 atom stereocenters. The van der Waals surface area contributed by atoms with Crippen LogP contribution in [0.1, 0.15) is 25.5 Å². The molecule has 0 amide bonds. The lowest BCUT2D eigenvalue weighted by molar-refractivity contribution is 0.436. The van der Waals surface area contributed by atoms with Gasteiger partial charge in [0.1, 0.15) is 6.07 Å². The van der Waals surface area contributed by atoms with Crippen molar-refractivity contribution in [1.29, 1.82) is 5.26 Å². The number of nitrogens with zero attached hydrogens (tertiary/aromatic N) is 4. The van der Waals surface area contributed by atoms with E-state index in [1.165, 1.54) is 12.8 Å². The first-order chi connectivity index (χ1) is 7.29. The van der Waals surface area contributed by atoms with Crippen LogP contribution in [0.3, 0.4) is 0 Å². The lowest BCUT2D eigenvalue weighted by atomic mass is 9.99. The summed E-state index contributed by atoms with van der Waals surface area (Å²) in [4.78, 5) is 2.23. The number of rotatable bonds is 1. The fraction of sp³-hybridized carbons (Fsp3) is 0.545. The average Bonchev–Trinajstić information content (AvgIpc) is 2.30. The van der Waals surface area contributed by atoms with Crippen molar-refractivity contribution in [2.45, 2.75) is 19.8 Å². The van der Waals surface area contributed by atoms with Crippen LogP contribution in [0.5, 0.6) is 0 Å². The molecule has 4 nitrogen and oxygen atoms in total. The van der Waals surface area contributed by atoms with E-state index < -0.39 is 0 Å². The third-order valence-electron chi connectivity index (χ3n) is 2.87. The minimum Gasteiger partial charge on any atom is -0.355 e. The zero-order valence-corrected chi connectivity index (χ0v) is 8.85. The van der Waals surface area contributed by atoms with E-state index in [-0.39, 0.29) is 0 Å². The summed E-state index contributed by atoms with van der Waals surface area (Å²) in [5.74, 6) is 1.70. The Morgan fingerprint density at radius 3 is 2.60 bits per heavy atom. The molecule has 0 unspecified atom stereocenters. The molecular weight excluding hydrogens is 188 g/mol. The Hall–Kier alpha value is -1.63. The van der Waals surface area contributed by atoms with Crippen LogP contribution in [0.2, 0.25) is 0 Å². The highest BCUT2D eigenvalue weighted by molar-refractivity contribution is 5.39. The summed E-state index contributed by atoms with van der Waals surface area (Å²) in [6.07, 6.45) is 2.42. The Balaban J connectivity index is 2.07. The predicted molar refractivity (Wildman–Crippen MR) is 57.4 cm³/mol. The molecule has 15 heavy (non-hydrogen) atoms. The van der Waals surface area contributed by atoms with Crippen molar-refractivity contribution < 1.29 is 0 Å². The number of anilines is 1. The van der Waals surface area contributed by atoms with Gasteiger partial charge < -0.3 is 4.90 Å². The van der Waals surface area contributed by atoms with Crippen LogP contribution in [-0.4, -0.2) is 23.3 Å². The lowest BCUT2D eigenvalue weighted by Gasteiger charge is -2.30. The Morgan fingerprint density at radius 1 is 1.33 bits per heavy atom. The molecule has 1 aromatic heterocycles. The Bertz CT molecular complexity index is 357. The maximum absolute atomic E-state index is 8.61. The highest BCUT2D eigenvalue weighted by atomic mass is 15.3. The fourth-order valence-corrected chi connectivity index (χ4v) is 1.79. The van der Waals surface area contributed by atoms with Crippen LogP contribution in [0.15, 0.2) is 12.1 Å². The molecule has 2 rings (SSSR count). The number of hydrogen-bond donors (Lipinski definition) is 0. The first kappa shape index (κ1) is 9.91. The van der Waals surface area contributed by atoms with Gasteiger partial charge in [-0.3, -0.25) is 0 Å². The minimum absolute atomic E-state index is 0.379. The van der Waals surface area contributed by atoms with E-state index in [4.69, 9.17) is 5.26 Å². The van der Waals surface area contributed by atoms with Gasteiger partial charge in [-0.25, -0.2) is 0 Å². The third-order valence-corrected chi connectivity index (χ3v) is 2.87. The summed E-state index contributed by atoms with van der Waals surface area (Å²) in [6, 6.07) is 5.57. The van der Waals surface area contributed by atoms with Crippen LogP contribution >= 0.6 is 0 Å². The smallest absolute Gasteiger partial charge is 0.163 e. The predicted octanol–water partition coefficient (Wildman–Crippen LogP) is 1.58. The average molecular weight is 202 g/mol. The standard InChI is InChI=1S/C11H14N4/c1-9-4-6-15(7-5-9)11-3-2-10(8-12)13-14-11/h2-3,9H,4-7H2,1H3. The van der Waals surface area contributed by atoms with E-state index >= 15 is 0 Å². The van der Waals surface area contributed by atoms with Gasteiger partial charge in [0.15, 0.2) is 11.5 Å². The summed E-state index contributed by atoms with van der Waals surface area (Å²) < 4.78 is 0. The van der Waals surface area contributed by atoms with E-state index in [9.17, 15) is 0 Å². The molecule has 1 aromatic rings. The topological polar surface area (TPSA) is 52.8 Å². The van der Waals surface area contributed by atoms with E-state index in [1.54, 1.807) is 6.07 Å². The highest BCUT2D eigenvalue weighted by Gasteiger charge is 2.16. The second kappa shape index (κ2) is 4.26. The van der Waals surface area contributed by atoms with Crippen LogP contribution in [-0.2, 0) is 0 Å². The number of hydrogen-bond acceptors (Lipinski definition) is 4. The molecule has 1 saturated heterocycles. The van der Waals surface area contributed by atoms with E-state index in [1.807, 2.05) is 12.1 Å². The molecule has 78 valence electrons. The molecule has 4 heteroatoms. The van der Waals surface area contributed by atoms with Gasteiger partial charge in [0.05, 0.1) is 0 Å². The van der Waals surface area contributed by atoms with Gasteiger partial charge in [0, 0.05) is 13.1 Å². The van der Waals surface area contributed by atoms with Crippen molar-refractivity contribution in [2.75, 3.05) is 18.0 Å². The molecule has 0 spiro atoms. The molecule has 1 aliphatic heterocycles.